The SMILES string of the molecule is COc1c[c]ccc1OC(=O)c1ccccc1. The minimum Gasteiger partial charge on any atom is -0.493 e. The molecule has 0 saturated heterocycles. The van der Waals surface area contributed by atoms with Crippen LogP contribution < -0.4 is 9.47 Å². The van der Waals surface area contributed by atoms with Gasteiger partial charge in [0.15, 0.2) is 11.5 Å². The number of benzene rings is 2. The minimum absolute atomic E-state index is 0.389. The molecule has 2 rings (SSSR count). The number of esters is 1. The van der Waals surface area contributed by atoms with Crippen molar-refractivity contribution in [1.29, 1.82) is 0 Å². The average molecular weight is 227 g/mol. The maximum absolute atomic E-state index is 11.8. The van der Waals surface area contributed by atoms with Crippen LogP contribution in [-0.2, 0) is 0 Å². The molecule has 0 unspecified atom stereocenters. The largest absolute Gasteiger partial charge is 0.493 e. The standard InChI is InChI=1S/C14H11O3/c1-16-12-9-5-6-10-13(12)17-14(15)11-7-3-2-4-8-11/h2-4,6-10H,1H3. The smallest absolute Gasteiger partial charge is 0.343 e. The van der Waals surface area contributed by atoms with Gasteiger partial charge in [0, 0.05) is 0 Å². The second-order valence-electron chi connectivity index (χ2n) is 3.33. The van der Waals surface area contributed by atoms with Crippen molar-refractivity contribution < 1.29 is 14.3 Å². The molecule has 17 heavy (non-hydrogen) atoms. The Morgan fingerprint density at radius 3 is 2.59 bits per heavy atom. The van der Waals surface area contributed by atoms with Crippen LogP contribution in [-0.4, -0.2) is 13.1 Å². The molecule has 0 spiro atoms. The minimum atomic E-state index is -0.407. The summed E-state index contributed by atoms with van der Waals surface area (Å²) < 4.78 is 10.3. The molecule has 0 aliphatic carbocycles. The molecule has 0 fully saturated rings. The predicted octanol–water partition coefficient (Wildman–Crippen LogP) is 2.71. The Hall–Kier alpha value is -2.29. The van der Waals surface area contributed by atoms with E-state index in [2.05, 4.69) is 6.07 Å². The molecule has 0 heterocycles. The van der Waals surface area contributed by atoms with Gasteiger partial charge >= 0.3 is 5.97 Å². The second-order valence-corrected chi connectivity index (χ2v) is 3.33. The van der Waals surface area contributed by atoms with E-state index in [0.717, 1.165) is 0 Å². The zero-order valence-corrected chi connectivity index (χ0v) is 9.34. The van der Waals surface area contributed by atoms with Crippen LogP contribution in [0.15, 0.2) is 48.5 Å². The molecule has 3 nitrogen and oxygen atoms in total. The van der Waals surface area contributed by atoms with Gasteiger partial charge in [0.25, 0.3) is 0 Å². The third-order valence-corrected chi connectivity index (χ3v) is 2.22. The molecule has 2 aromatic carbocycles. The first kappa shape index (κ1) is 11.2. The van der Waals surface area contributed by atoms with E-state index in [1.165, 1.54) is 7.11 Å². The van der Waals surface area contributed by atoms with Crippen LogP contribution in [0, 0.1) is 6.07 Å². The first-order valence-electron chi connectivity index (χ1n) is 5.12. The van der Waals surface area contributed by atoms with Crippen LogP contribution in [0.2, 0.25) is 0 Å². The van der Waals surface area contributed by atoms with E-state index in [4.69, 9.17) is 9.47 Å². The van der Waals surface area contributed by atoms with E-state index in [9.17, 15) is 4.79 Å². The fraction of sp³-hybridized carbons (Fsp3) is 0.0714. The number of hydrogen-bond donors (Lipinski definition) is 0. The molecule has 0 aromatic heterocycles. The monoisotopic (exact) mass is 227 g/mol. The molecule has 0 amide bonds. The molecule has 85 valence electrons. The van der Waals surface area contributed by atoms with Gasteiger partial charge in [-0.1, -0.05) is 24.3 Å². The molecular weight excluding hydrogens is 216 g/mol. The van der Waals surface area contributed by atoms with Crippen molar-refractivity contribution in [2.75, 3.05) is 7.11 Å². The fourth-order valence-corrected chi connectivity index (χ4v) is 1.38. The highest BCUT2D eigenvalue weighted by Crippen LogP contribution is 2.26. The van der Waals surface area contributed by atoms with E-state index in [1.807, 2.05) is 6.07 Å². The highest BCUT2D eigenvalue weighted by molar-refractivity contribution is 5.91. The Balaban J connectivity index is 2.19. The molecule has 0 saturated carbocycles. The van der Waals surface area contributed by atoms with Gasteiger partial charge in [-0.25, -0.2) is 4.79 Å². The molecule has 0 bridgehead atoms. The molecule has 0 aliphatic heterocycles. The average Bonchev–Trinajstić information content (AvgIpc) is 2.40. The number of carbonyl (C=O) groups excluding carboxylic acids is 1. The van der Waals surface area contributed by atoms with Crippen molar-refractivity contribution in [3.8, 4) is 11.5 Å². The van der Waals surface area contributed by atoms with Gasteiger partial charge in [-0.2, -0.15) is 0 Å². The van der Waals surface area contributed by atoms with E-state index < -0.39 is 5.97 Å². The van der Waals surface area contributed by atoms with E-state index >= 15 is 0 Å². The van der Waals surface area contributed by atoms with Crippen molar-refractivity contribution in [3.63, 3.8) is 0 Å². The van der Waals surface area contributed by atoms with Crippen molar-refractivity contribution >= 4 is 5.97 Å². The Bertz CT molecular complexity index is 506. The number of methoxy groups -OCH3 is 1. The number of ether oxygens (including phenoxy) is 2. The maximum atomic E-state index is 11.8. The second kappa shape index (κ2) is 5.16. The van der Waals surface area contributed by atoms with E-state index in [-0.39, 0.29) is 0 Å². The lowest BCUT2D eigenvalue weighted by atomic mass is 10.2. The summed E-state index contributed by atoms with van der Waals surface area (Å²) in [6, 6.07) is 16.6. The lowest BCUT2D eigenvalue weighted by Gasteiger charge is -2.08. The van der Waals surface area contributed by atoms with Gasteiger partial charge in [0.1, 0.15) is 0 Å². The molecular formula is C14H11O3. The van der Waals surface area contributed by atoms with Crippen molar-refractivity contribution in [2.45, 2.75) is 0 Å². The summed E-state index contributed by atoms with van der Waals surface area (Å²) in [5.74, 6) is 0.465. The quantitative estimate of drug-likeness (QED) is 0.597. The van der Waals surface area contributed by atoms with Crippen molar-refractivity contribution in [1.82, 2.24) is 0 Å². The van der Waals surface area contributed by atoms with Crippen LogP contribution in [0.4, 0.5) is 0 Å². The summed E-state index contributed by atoms with van der Waals surface area (Å²) in [6.07, 6.45) is 0. The molecule has 0 N–H and O–H groups in total. The summed E-state index contributed by atoms with van der Waals surface area (Å²) in [4.78, 5) is 11.8. The van der Waals surface area contributed by atoms with E-state index in [1.54, 1.807) is 42.5 Å². The summed E-state index contributed by atoms with van der Waals surface area (Å²) in [6.45, 7) is 0. The topological polar surface area (TPSA) is 35.5 Å². The van der Waals surface area contributed by atoms with Crippen LogP contribution in [0.25, 0.3) is 0 Å². The zero-order chi connectivity index (χ0) is 12.1. The van der Waals surface area contributed by atoms with Gasteiger partial charge in [-0.15, -0.1) is 0 Å². The fourth-order valence-electron chi connectivity index (χ4n) is 1.38. The molecule has 2 aromatic rings. The van der Waals surface area contributed by atoms with Crippen molar-refractivity contribution in [3.05, 3.63) is 60.2 Å². The summed E-state index contributed by atoms with van der Waals surface area (Å²) in [7, 11) is 1.52. The van der Waals surface area contributed by atoms with E-state index in [0.29, 0.717) is 17.1 Å². The number of rotatable bonds is 3. The van der Waals surface area contributed by atoms with Crippen molar-refractivity contribution in [2.24, 2.45) is 0 Å². The normalized spacial score (nSPS) is 9.71. The molecule has 0 atom stereocenters. The molecule has 0 aliphatic rings. The maximum Gasteiger partial charge on any atom is 0.343 e. The van der Waals surface area contributed by atoms with Crippen LogP contribution in [0.3, 0.4) is 0 Å². The summed E-state index contributed by atoms with van der Waals surface area (Å²) in [5, 5.41) is 0. The Morgan fingerprint density at radius 2 is 1.88 bits per heavy atom. The highest BCUT2D eigenvalue weighted by Gasteiger charge is 2.10. The van der Waals surface area contributed by atoms with Gasteiger partial charge in [-0.05, 0) is 30.3 Å². The third-order valence-electron chi connectivity index (χ3n) is 2.22. The Labute approximate surface area is 99.6 Å². The highest BCUT2D eigenvalue weighted by atomic mass is 16.6. The first-order chi connectivity index (χ1) is 8.31. The number of hydrogen-bond acceptors (Lipinski definition) is 3. The molecule has 3 heteroatoms. The number of carbonyl (C=O) groups is 1. The Morgan fingerprint density at radius 1 is 1.12 bits per heavy atom. The summed E-state index contributed by atoms with van der Waals surface area (Å²) in [5.41, 5.74) is 0.502. The van der Waals surface area contributed by atoms with Crippen LogP contribution in [0.5, 0.6) is 11.5 Å². The third kappa shape index (κ3) is 2.64. The lowest BCUT2D eigenvalue weighted by molar-refractivity contribution is 0.0729. The molecule has 1 radical (unpaired) electrons. The van der Waals surface area contributed by atoms with Gasteiger partial charge in [-0.3, -0.25) is 0 Å². The predicted molar refractivity (Wildman–Crippen MR) is 63.2 cm³/mol. The van der Waals surface area contributed by atoms with Crippen LogP contribution in [0.1, 0.15) is 10.4 Å². The summed E-state index contributed by atoms with van der Waals surface area (Å²) >= 11 is 0. The zero-order valence-electron chi connectivity index (χ0n) is 9.34. The van der Waals surface area contributed by atoms with Gasteiger partial charge < -0.3 is 9.47 Å². The lowest BCUT2D eigenvalue weighted by Crippen LogP contribution is -2.08. The van der Waals surface area contributed by atoms with Gasteiger partial charge in [0.05, 0.1) is 12.7 Å². The first-order valence-corrected chi connectivity index (χ1v) is 5.12. The Kier molecular flexibility index (Phi) is 3.40. The van der Waals surface area contributed by atoms with Gasteiger partial charge in [0.2, 0.25) is 0 Å². The van der Waals surface area contributed by atoms with Crippen LogP contribution >= 0.6 is 0 Å².